The lowest BCUT2D eigenvalue weighted by molar-refractivity contribution is 0.377. The van der Waals surface area contributed by atoms with Crippen molar-refractivity contribution in [3.63, 3.8) is 0 Å². The Labute approximate surface area is 116 Å². The smallest absolute Gasteiger partial charge is 0.242 e. The van der Waals surface area contributed by atoms with Crippen LogP contribution in [-0.4, -0.2) is 13.6 Å². The van der Waals surface area contributed by atoms with Gasteiger partial charge in [-0.05, 0) is 25.1 Å². The molecule has 0 spiro atoms. The number of nitriles is 1. The van der Waals surface area contributed by atoms with E-state index in [-0.39, 0.29) is 17.0 Å². The average molecular weight is 292 g/mol. The Morgan fingerprint density at radius 1 is 1.45 bits per heavy atom. The summed E-state index contributed by atoms with van der Waals surface area (Å²) in [6.07, 6.45) is 0. The van der Waals surface area contributed by atoms with Gasteiger partial charge in [-0.2, -0.15) is 5.26 Å². The fourth-order valence-corrected chi connectivity index (χ4v) is 2.74. The van der Waals surface area contributed by atoms with Crippen molar-refractivity contribution in [3.05, 3.63) is 41.3 Å². The lowest BCUT2D eigenvalue weighted by atomic mass is 10.2. The number of hydrogen-bond acceptors (Lipinski definition) is 6. The van der Waals surface area contributed by atoms with Gasteiger partial charge in [0.05, 0.1) is 22.7 Å². The van der Waals surface area contributed by atoms with Crippen molar-refractivity contribution in [1.29, 1.82) is 5.26 Å². The molecule has 1 aromatic carbocycles. The monoisotopic (exact) mass is 292 g/mol. The maximum absolute atomic E-state index is 12.1. The third-order valence-corrected chi connectivity index (χ3v) is 3.99. The Hall–Kier alpha value is -2.37. The number of benzene rings is 1. The summed E-state index contributed by atoms with van der Waals surface area (Å²) in [5, 5.41) is 12.6. The van der Waals surface area contributed by atoms with Crippen LogP contribution in [0.25, 0.3) is 0 Å². The number of nitrogens with zero attached hydrogens (tertiary/aromatic N) is 2. The van der Waals surface area contributed by atoms with E-state index in [0.29, 0.717) is 17.1 Å². The zero-order valence-electron chi connectivity index (χ0n) is 10.6. The molecule has 0 saturated heterocycles. The normalized spacial score (nSPS) is 11.2. The Kier molecular flexibility index (Phi) is 3.74. The minimum atomic E-state index is -3.82. The Morgan fingerprint density at radius 2 is 2.20 bits per heavy atom. The minimum Gasteiger partial charge on any atom is -0.399 e. The van der Waals surface area contributed by atoms with Gasteiger partial charge in [-0.15, -0.1) is 0 Å². The minimum absolute atomic E-state index is 0.00810. The summed E-state index contributed by atoms with van der Waals surface area (Å²) in [6.45, 7) is 1.69. The molecule has 3 N–H and O–H groups in total. The maximum atomic E-state index is 12.1. The number of aromatic nitrogens is 1. The maximum Gasteiger partial charge on any atom is 0.242 e. The number of hydrogen-bond donors (Lipinski definition) is 2. The van der Waals surface area contributed by atoms with Crippen molar-refractivity contribution >= 4 is 15.7 Å². The zero-order chi connectivity index (χ0) is 14.8. The quantitative estimate of drug-likeness (QED) is 0.808. The van der Waals surface area contributed by atoms with Crippen molar-refractivity contribution in [3.8, 4) is 6.07 Å². The first-order valence-electron chi connectivity index (χ1n) is 5.64. The second kappa shape index (κ2) is 5.32. The van der Waals surface area contributed by atoms with Gasteiger partial charge in [-0.1, -0.05) is 5.16 Å². The summed E-state index contributed by atoms with van der Waals surface area (Å²) in [6, 6.07) is 7.46. The van der Waals surface area contributed by atoms with E-state index in [2.05, 4.69) is 9.88 Å². The van der Waals surface area contributed by atoms with E-state index in [1.807, 2.05) is 6.07 Å². The molecule has 2 aromatic rings. The summed E-state index contributed by atoms with van der Waals surface area (Å²) in [7, 11) is -3.82. The third kappa shape index (κ3) is 2.96. The van der Waals surface area contributed by atoms with Gasteiger partial charge in [0.2, 0.25) is 10.0 Å². The Morgan fingerprint density at radius 3 is 2.80 bits per heavy atom. The van der Waals surface area contributed by atoms with Crippen LogP contribution in [0.15, 0.2) is 33.7 Å². The molecule has 104 valence electrons. The molecule has 0 atom stereocenters. The number of nitrogens with two attached hydrogens (primary N) is 1. The predicted molar refractivity (Wildman–Crippen MR) is 70.8 cm³/mol. The van der Waals surface area contributed by atoms with Crippen LogP contribution in [0, 0.1) is 18.3 Å². The lowest BCUT2D eigenvalue weighted by Gasteiger charge is -2.07. The fourth-order valence-electron chi connectivity index (χ4n) is 1.61. The van der Waals surface area contributed by atoms with Gasteiger partial charge in [0.1, 0.15) is 6.07 Å². The Balaban J connectivity index is 2.25. The van der Waals surface area contributed by atoms with Crippen molar-refractivity contribution < 1.29 is 12.9 Å². The fraction of sp³-hybridized carbons (Fsp3) is 0.167. The molecule has 0 aliphatic rings. The topological polar surface area (TPSA) is 122 Å². The SMILES string of the molecule is Cc1cc(CNS(=O)(=O)c2ccc(N)cc2C#N)on1. The first-order chi connectivity index (χ1) is 9.42. The molecule has 20 heavy (non-hydrogen) atoms. The molecule has 0 unspecified atom stereocenters. The van der Waals surface area contributed by atoms with Gasteiger partial charge in [0, 0.05) is 11.8 Å². The highest BCUT2D eigenvalue weighted by molar-refractivity contribution is 7.89. The van der Waals surface area contributed by atoms with E-state index in [0.717, 1.165) is 0 Å². The average Bonchev–Trinajstić information content (AvgIpc) is 2.82. The number of sulfonamides is 1. The molecule has 2 rings (SSSR count). The zero-order valence-corrected chi connectivity index (χ0v) is 11.4. The third-order valence-electron chi connectivity index (χ3n) is 2.53. The van der Waals surface area contributed by atoms with E-state index in [9.17, 15) is 8.42 Å². The Bertz CT molecular complexity index is 774. The summed E-state index contributed by atoms with van der Waals surface area (Å²) < 4.78 is 31.5. The number of anilines is 1. The van der Waals surface area contributed by atoms with Gasteiger partial charge in [-0.25, -0.2) is 13.1 Å². The molecule has 0 bridgehead atoms. The second-order valence-electron chi connectivity index (χ2n) is 4.13. The predicted octanol–water partition coefficient (Wildman–Crippen LogP) is 0.915. The standard InChI is InChI=1S/C12H12N4O3S/c1-8-4-11(19-16-8)7-15-20(17,18)12-3-2-10(14)5-9(12)6-13/h2-5,15H,7,14H2,1H3. The van der Waals surface area contributed by atoms with E-state index in [1.54, 1.807) is 13.0 Å². The van der Waals surface area contributed by atoms with Crippen LogP contribution in [0.2, 0.25) is 0 Å². The van der Waals surface area contributed by atoms with Crippen LogP contribution >= 0.6 is 0 Å². The summed E-state index contributed by atoms with van der Waals surface area (Å²) in [5.41, 5.74) is 6.50. The van der Waals surface area contributed by atoms with E-state index in [1.165, 1.54) is 18.2 Å². The summed E-state index contributed by atoms with van der Waals surface area (Å²) in [5.74, 6) is 0.389. The molecular weight excluding hydrogens is 280 g/mol. The highest BCUT2D eigenvalue weighted by atomic mass is 32.2. The molecule has 0 saturated carbocycles. The van der Waals surface area contributed by atoms with Crippen LogP contribution in [0.5, 0.6) is 0 Å². The van der Waals surface area contributed by atoms with E-state index < -0.39 is 10.0 Å². The molecule has 0 aliphatic heterocycles. The number of nitrogens with one attached hydrogen (secondary N) is 1. The molecule has 8 heteroatoms. The molecule has 0 aliphatic carbocycles. The molecule has 0 fully saturated rings. The van der Waals surface area contributed by atoms with E-state index >= 15 is 0 Å². The number of nitrogen functional groups attached to an aromatic ring is 1. The van der Waals surface area contributed by atoms with Gasteiger partial charge >= 0.3 is 0 Å². The van der Waals surface area contributed by atoms with Crippen molar-refractivity contribution in [2.75, 3.05) is 5.73 Å². The van der Waals surface area contributed by atoms with Crippen LogP contribution in [0.3, 0.4) is 0 Å². The van der Waals surface area contributed by atoms with Crippen molar-refractivity contribution in [2.24, 2.45) is 0 Å². The van der Waals surface area contributed by atoms with E-state index in [4.69, 9.17) is 15.5 Å². The van der Waals surface area contributed by atoms with Gasteiger partial charge in [0.25, 0.3) is 0 Å². The van der Waals surface area contributed by atoms with Crippen molar-refractivity contribution in [2.45, 2.75) is 18.4 Å². The van der Waals surface area contributed by atoms with Crippen LogP contribution in [0.1, 0.15) is 17.0 Å². The first-order valence-corrected chi connectivity index (χ1v) is 7.12. The first kappa shape index (κ1) is 14.0. The molecule has 0 radical (unpaired) electrons. The highest BCUT2D eigenvalue weighted by Gasteiger charge is 2.19. The van der Waals surface area contributed by atoms with Gasteiger partial charge in [0.15, 0.2) is 5.76 Å². The summed E-state index contributed by atoms with van der Waals surface area (Å²) in [4.78, 5) is -0.120. The van der Waals surface area contributed by atoms with Gasteiger partial charge in [-0.3, -0.25) is 0 Å². The second-order valence-corrected chi connectivity index (χ2v) is 5.86. The molecule has 0 amide bonds. The number of rotatable bonds is 4. The largest absolute Gasteiger partial charge is 0.399 e. The van der Waals surface area contributed by atoms with Crippen LogP contribution in [0.4, 0.5) is 5.69 Å². The van der Waals surface area contributed by atoms with Crippen LogP contribution in [-0.2, 0) is 16.6 Å². The summed E-state index contributed by atoms with van der Waals surface area (Å²) >= 11 is 0. The number of aryl methyl sites for hydroxylation is 1. The van der Waals surface area contributed by atoms with Crippen LogP contribution < -0.4 is 10.5 Å². The highest BCUT2D eigenvalue weighted by Crippen LogP contribution is 2.18. The molecule has 1 heterocycles. The van der Waals surface area contributed by atoms with Gasteiger partial charge < -0.3 is 10.3 Å². The lowest BCUT2D eigenvalue weighted by Crippen LogP contribution is -2.24. The molecular formula is C12H12N4O3S. The molecule has 1 aromatic heterocycles. The van der Waals surface area contributed by atoms with Crippen molar-refractivity contribution in [1.82, 2.24) is 9.88 Å². The molecule has 7 nitrogen and oxygen atoms in total.